The van der Waals surface area contributed by atoms with E-state index < -0.39 is 11.5 Å². The first-order chi connectivity index (χ1) is 10.9. The van der Waals surface area contributed by atoms with Crippen molar-refractivity contribution in [2.75, 3.05) is 20.3 Å². The Kier molecular flexibility index (Phi) is 7.54. The van der Waals surface area contributed by atoms with Crippen LogP contribution in [0.15, 0.2) is 24.3 Å². The normalized spacial score (nSPS) is 13.2. The van der Waals surface area contributed by atoms with Crippen molar-refractivity contribution >= 4 is 11.9 Å². The lowest BCUT2D eigenvalue weighted by molar-refractivity contribution is -0.139. The van der Waals surface area contributed by atoms with Crippen molar-refractivity contribution in [3.63, 3.8) is 0 Å². The number of carboxylic acids is 1. The SMILES string of the molecule is CCCCOc1ccc(C(=O)NC(C)(COC)CC(=O)O)cc1. The quantitative estimate of drug-likeness (QED) is 0.646. The molecule has 1 rings (SSSR count). The summed E-state index contributed by atoms with van der Waals surface area (Å²) in [6.45, 7) is 4.49. The minimum Gasteiger partial charge on any atom is -0.494 e. The largest absolute Gasteiger partial charge is 0.494 e. The second kappa shape index (κ2) is 9.15. The third-order valence-electron chi connectivity index (χ3n) is 3.30. The molecule has 1 unspecified atom stereocenters. The first kappa shape index (κ1) is 19.0. The lowest BCUT2D eigenvalue weighted by Gasteiger charge is -2.28. The molecule has 0 aromatic heterocycles. The molecular formula is C17H25NO5. The van der Waals surface area contributed by atoms with E-state index in [0.717, 1.165) is 12.8 Å². The number of unbranched alkanes of at least 4 members (excludes halogenated alkanes) is 1. The van der Waals surface area contributed by atoms with Crippen molar-refractivity contribution in [1.29, 1.82) is 0 Å². The maximum Gasteiger partial charge on any atom is 0.305 e. The van der Waals surface area contributed by atoms with Crippen LogP contribution in [-0.2, 0) is 9.53 Å². The Hall–Kier alpha value is -2.08. The van der Waals surface area contributed by atoms with E-state index in [-0.39, 0.29) is 18.9 Å². The number of aliphatic carboxylic acids is 1. The number of benzene rings is 1. The summed E-state index contributed by atoms with van der Waals surface area (Å²) in [6.07, 6.45) is 1.82. The molecule has 2 N–H and O–H groups in total. The Bertz CT molecular complexity index is 514. The van der Waals surface area contributed by atoms with Crippen molar-refractivity contribution in [3.05, 3.63) is 29.8 Å². The van der Waals surface area contributed by atoms with Gasteiger partial charge in [-0.3, -0.25) is 9.59 Å². The van der Waals surface area contributed by atoms with Gasteiger partial charge in [0.1, 0.15) is 5.75 Å². The van der Waals surface area contributed by atoms with Gasteiger partial charge in [-0.2, -0.15) is 0 Å². The fourth-order valence-electron chi connectivity index (χ4n) is 2.17. The van der Waals surface area contributed by atoms with E-state index in [2.05, 4.69) is 12.2 Å². The maximum absolute atomic E-state index is 12.3. The molecule has 6 nitrogen and oxygen atoms in total. The second-order valence-electron chi connectivity index (χ2n) is 5.74. The summed E-state index contributed by atoms with van der Waals surface area (Å²) in [7, 11) is 1.47. The molecule has 0 aliphatic heterocycles. The van der Waals surface area contributed by atoms with Crippen LogP contribution in [0.4, 0.5) is 0 Å². The molecule has 0 heterocycles. The zero-order valence-corrected chi connectivity index (χ0v) is 13.9. The lowest BCUT2D eigenvalue weighted by Crippen LogP contribution is -2.50. The smallest absolute Gasteiger partial charge is 0.305 e. The van der Waals surface area contributed by atoms with Gasteiger partial charge >= 0.3 is 5.97 Å². The summed E-state index contributed by atoms with van der Waals surface area (Å²) >= 11 is 0. The Labute approximate surface area is 136 Å². The molecule has 0 aliphatic carbocycles. The first-order valence-corrected chi connectivity index (χ1v) is 7.66. The van der Waals surface area contributed by atoms with E-state index in [9.17, 15) is 9.59 Å². The molecule has 128 valence electrons. The molecule has 1 aromatic rings. The van der Waals surface area contributed by atoms with Crippen LogP contribution in [0.2, 0.25) is 0 Å². The van der Waals surface area contributed by atoms with Crippen LogP contribution in [0.5, 0.6) is 5.75 Å². The van der Waals surface area contributed by atoms with Gasteiger partial charge < -0.3 is 19.9 Å². The van der Waals surface area contributed by atoms with Crippen molar-refractivity contribution in [2.45, 2.75) is 38.6 Å². The van der Waals surface area contributed by atoms with Gasteiger partial charge in [0, 0.05) is 12.7 Å². The van der Waals surface area contributed by atoms with Crippen molar-refractivity contribution < 1.29 is 24.2 Å². The van der Waals surface area contributed by atoms with Crippen molar-refractivity contribution in [3.8, 4) is 5.75 Å². The van der Waals surface area contributed by atoms with E-state index >= 15 is 0 Å². The van der Waals surface area contributed by atoms with Crippen LogP contribution in [0.3, 0.4) is 0 Å². The number of methoxy groups -OCH3 is 1. The molecule has 0 spiro atoms. The van der Waals surface area contributed by atoms with Gasteiger partial charge in [-0.15, -0.1) is 0 Å². The fraction of sp³-hybridized carbons (Fsp3) is 0.529. The van der Waals surface area contributed by atoms with Crippen LogP contribution < -0.4 is 10.1 Å². The second-order valence-corrected chi connectivity index (χ2v) is 5.74. The predicted molar refractivity (Wildman–Crippen MR) is 86.8 cm³/mol. The van der Waals surface area contributed by atoms with E-state index in [1.807, 2.05) is 0 Å². The molecule has 6 heteroatoms. The van der Waals surface area contributed by atoms with Crippen molar-refractivity contribution in [1.82, 2.24) is 5.32 Å². The third-order valence-corrected chi connectivity index (χ3v) is 3.30. The molecular weight excluding hydrogens is 298 g/mol. The molecule has 0 bridgehead atoms. The average molecular weight is 323 g/mol. The summed E-state index contributed by atoms with van der Waals surface area (Å²) in [6, 6.07) is 6.78. The highest BCUT2D eigenvalue weighted by Crippen LogP contribution is 2.15. The number of rotatable bonds is 10. The highest BCUT2D eigenvalue weighted by Gasteiger charge is 2.29. The summed E-state index contributed by atoms with van der Waals surface area (Å²) in [5, 5.41) is 11.7. The topological polar surface area (TPSA) is 84.9 Å². The zero-order valence-electron chi connectivity index (χ0n) is 13.9. The standard InChI is InChI=1S/C17H25NO5/c1-4-5-10-23-14-8-6-13(7-9-14)16(21)18-17(2,12-22-3)11-15(19)20/h6-9H,4-5,10-12H2,1-3H3,(H,18,21)(H,19,20). The summed E-state index contributed by atoms with van der Waals surface area (Å²) in [4.78, 5) is 23.2. The number of amides is 1. The molecule has 23 heavy (non-hydrogen) atoms. The van der Waals surface area contributed by atoms with Crippen LogP contribution in [0.25, 0.3) is 0 Å². The van der Waals surface area contributed by atoms with E-state index in [1.54, 1.807) is 31.2 Å². The lowest BCUT2D eigenvalue weighted by atomic mass is 9.98. The number of carbonyl (C=O) groups is 2. The van der Waals surface area contributed by atoms with E-state index in [1.165, 1.54) is 7.11 Å². The average Bonchev–Trinajstić information content (AvgIpc) is 2.47. The number of carbonyl (C=O) groups excluding carboxylic acids is 1. The van der Waals surface area contributed by atoms with Gasteiger partial charge in [0.05, 0.1) is 25.2 Å². The maximum atomic E-state index is 12.3. The predicted octanol–water partition coefficient (Wildman–Crippen LogP) is 2.48. The van der Waals surface area contributed by atoms with Gasteiger partial charge in [0.2, 0.25) is 0 Å². The van der Waals surface area contributed by atoms with Gasteiger partial charge in [-0.1, -0.05) is 13.3 Å². The molecule has 1 aromatic carbocycles. The zero-order chi connectivity index (χ0) is 17.3. The molecule has 0 saturated heterocycles. The minimum atomic E-state index is -0.996. The molecule has 0 fully saturated rings. The van der Waals surface area contributed by atoms with Crippen LogP contribution in [-0.4, -0.2) is 42.8 Å². The number of carboxylic acid groups (broad SMARTS) is 1. The number of ether oxygens (including phenoxy) is 2. The minimum absolute atomic E-state index is 0.114. The van der Waals surface area contributed by atoms with Gasteiger partial charge in [-0.25, -0.2) is 0 Å². The Morgan fingerprint density at radius 1 is 1.26 bits per heavy atom. The van der Waals surface area contributed by atoms with Crippen molar-refractivity contribution in [2.24, 2.45) is 0 Å². The van der Waals surface area contributed by atoms with Gasteiger partial charge in [0.15, 0.2) is 0 Å². The highest BCUT2D eigenvalue weighted by molar-refractivity contribution is 5.95. The monoisotopic (exact) mass is 323 g/mol. The van der Waals surface area contributed by atoms with E-state index in [0.29, 0.717) is 17.9 Å². The Balaban J connectivity index is 2.70. The molecule has 0 saturated carbocycles. The summed E-state index contributed by atoms with van der Waals surface area (Å²) in [5.74, 6) is -0.629. The molecule has 1 amide bonds. The van der Waals surface area contributed by atoms with Crippen LogP contribution >= 0.6 is 0 Å². The molecule has 1 atom stereocenters. The summed E-state index contributed by atoms with van der Waals surface area (Å²) < 4.78 is 10.6. The number of hydrogen-bond acceptors (Lipinski definition) is 4. The number of nitrogens with one attached hydrogen (secondary N) is 1. The number of hydrogen-bond donors (Lipinski definition) is 2. The Morgan fingerprint density at radius 3 is 2.43 bits per heavy atom. The van der Waals surface area contributed by atoms with E-state index in [4.69, 9.17) is 14.6 Å². The van der Waals surface area contributed by atoms with Crippen LogP contribution in [0, 0.1) is 0 Å². The molecule has 0 radical (unpaired) electrons. The van der Waals surface area contributed by atoms with Crippen LogP contribution in [0.1, 0.15) is 43.5 Å². The van der Waals surface area contributed by atoms with Gasteiger partial charge in [0.25, 0.3) is 5.91 Å². The third kappa shape index (κ3) is 6.69. The van der Waals surface area contributed by atoms with Gasteiger partial charge in [-0.05, 0) is 37.6 Å². The Morgan fingerprint density at radius 2 is 1.91 bits per heavy atom. The highest BCUT2D eigenvalue weighted by atomic mass is 16.5. The summed E-state index contributed by atoms with van der Waals surface area (Å²) in [5.41, 5.74) is -0.519. The molecule has 0 aliphatic rings. The first-order valence-electron chi connectivity index (χ1n) is 7.66. The fourth-order valence-corrected chi connectivity index (χ4v) is 2.17.